The first-order chi connectivity index (χ1) is 9.82. The molecule has 0 aromatic heterocycles. The van der Waals surface area contributed by atoms with Crippen molar-refractivity contribution in [1.29, 1.82) is 0 Å². The van der Waals surface area contributed by atoms with E-state index in [4.69, 9.17) is 0 Å². The van der Waals surface area contributed by atoms with Crippen LogP contribution in [0.15, 0.2) is 30.3 Å². The summed E-state index contributed by atoms with van der Waals surface area (Å²) >= 11 is 0. The van der Waals surface area contributed by atoms with Gasteiger partial charge in [-0.3, -0.25) is 0 Å². The maximum absolute atomic E-state index is 10.5. The largest absolute Gasteiger partial charge is 0.507 e. The van der Waals surface area contributed by atoms with E-state index >= 15 is 0 Å². The molecule has 0 atom stereocenters. The minimum atomic E-state index is 0.313. The molecule has 0 aliphatic rings. The van der Waals surface area contributed by atoms with Gasteiger partial charge in [0.25, 0.3) is 0 Å². The van der Waals surface area contributed by atoms with Gasteiger partial charge in [-0.1, -0.05) is 45.9 Å². The van der Waals surface area contributed by atoms with Crippen LogP contribution in [0.1, 0.15) is 61.8 Å². The topological polar surface area (TPSA) is 20.2 Å². The molecule has 1 nitrogen and oxygen atoms in total. The molecule has 0 aliphatic heterocycles. The number of hydrogen-bond donors (Lipinski definition) is 1. The molecule has 1 N–H and O–H groups in total. The summed E-state index contributed by atoms with van der Waals surface area (Å²) in [5.41, 5.74) is 7.17. The van der Waals surface area contributed by atoms with Crippen molar-refractivity contribution < 1.29 is 5.11 Å². The lowest BCUT2D eigenvalue weighted by atomic mass is 9.88. The SMILES string of the molecule is Cc1cccc(-c2cc(C(C)C)c(O)c(C(C)C)c2)c1C. The van der Waals surface area contributed by atoms with Gasteiger partial charge >= 0.3 is 0 Å². The number of phenols is 1. The average molecular weight is 282 g/mol. The zero-order valence-electron chi connectivity index (χ0n) is 14.0. The van der Waals surface area contributed by atoms with E-state index in [1.807, 2.05) is 0 Å². The summed E-state index contributed by atoms with van der Waals surface area (Å²) in [5.74, 6) is 1.09. The van der Waals surface area contributed by atoms with Crippen LogP contribution in [0, 0.1) is 13.8 Å². The molecule has 0 bridgehead atoms. The van der Waals surface area contributed by atoms with E-state index in [9.17, 15) is 5.11 Å². The second kappa shape index (κ2) is 5.93. The van der Waals surface area contributed by atoms with Gasteiger partial charge in [0.1, 0.15) is 5.75 Å². The maximum atomic E-state index is 10.5. The van der Waals surface area contributed by atoms with Crippen LogP contribution in [-0.4, -0.2) is 5.11 Å². The van der Waals surface area contributed by atoms with E-state index < -0.39 is 0 Å². The van der Waals surface area contributed by atoms with Crippen molar-refractivity contribution in [3.8, 4) is 16.9 Å². The minimum Gasteiger partial charge on any atom is -0.507 e. The van der Waals surface area contributed by atoms with Gasteiger partial charge < -0.3 is 5.11 Å². The van der Waals surface area contributed by atoms with E-state index in [0.29, 0.717) is 17.6 Å². The monoisotopic (exact) mass is 282 g/mol. The Labute approximate surface area is 128 Å². The summed E-state index contributed by atoms with van der Waals surface area (Å²) in [4.78, 5) is 0. The summed E-state index contributed by atoms with van der Waals surface area (Å²) in [6.07, 6.45) is 0. The number of rotatable bonds is 3. The van der Waals surface area contributed by atoms with Crippen LogP contribution in [0.3, 0.4) is 0 Å². The summed E-state index contributed by atoms with van der Waals surface area (Å²) in [7, 11) is 0. The average Bonchev–Trinajstić information content (AvgIpc) is 2.41. The van der Waals surface area contributed by atoms with Gasteiger partial charge in [-0.05, 0) is 71.2 Å². The fraction of sp³-hybridized carbons (Fsp3) is 0.400. The van der Waals surface area contributed by atoms with Crippen molar-refractivity contribution >= 4 is 0 Å². The van der Waals surface area contributed by atoms with Crippen LogP contribution in [0.4, 0.5) is 0 Å². The fourth-order valence-electron chi connectivity index (χ4n) is 2.78. The summed E-state index contributed by atoms with van der Waals surface area (Å²) < 4.78 is 0. The van der Waals surface area contributed by atoms with Crippen molar-refractivity contribution in [2.24, 2.45) is 0 Å². The van der Waals surface area contributed by atoms with Crippen LogP contribution < -0.4 is 0 Å². The van der Waals surface area contributed by atoms with Crippen molar-refractivity contribution in [2.75, 3.05) is 0 Å². The van der Waals surface area contributed by atoms with Gasteiger partial charge in [0.15, 0.2) is 0 Å². The first-order valence-electron chi connectivity index (χ1n) is 7.76. The number of benzene rings is 2. The Morgan fingerprint density at radius 3 is 1.86 bits per heavy atom. The molecule has 2 aromatic carbocycles. The Balaban J connectivity index is 2.72. The molecule has 0 spiro atoms. The predicted molar refractivity (Wildman–Crippen MR) is 91.2 cm³/mol. The van der Waals surface area contributed by atoms with E-state index in [0.717, 1.165) is 11.1 Å². The second-order valence-corrected chi connectivity index (χ2v) is 6.56. The standard InChI is InChI=1S/C20H26O/c1-12(2)18-10-16(11-19(13(3)4)20(18)21)17-9-7-8-14(5)15(17)6/h7-13,21H,1-6H3. The van der Waals surface area contributed by atoms with Gasteiger partial charge in [-0.2, -0.15) is 0 Å². The predicted octanol–water partition coefficient (Wildman–Crippen LogP) is 5.92. The number of phenolic OH excluding ortho intramolecular Hbond substituents is 1. The van der Waals surface area contributed by atoms with E-state index in [1.165, 1.54) is 22.3 Å². The van der Waals surface area contributed by atoms with Gasteiger partial charge in [-0.15, -0.1) is 0 Å². The molecule has 1 heteroatoms. The third-order valence-electron chi connectivity index (χ3n) is 4.33. The summed E-state index contributed by atoms with van der Waals surface area (Å²) in [6, 6.07) is 10.7. The quantitative estimate of drug-likeness (QED) is 0.740. The molecule has 2 rings (SSSR count). The van der Waals surface area contributed by atoms with E-state index in [2.05, 4.69) is 71.9 Å². The van der Waals surface area contributed by atoms with Crippen molar-refractivity contribution in [3.63, 3.8) is 0 Å². The molecule has 0 radical (unpaired) electrons. The zero-order valence-corrected chi connectivity index (χ0v) is 14.0. The smallest absolute Gasteiger partial charge is 0.122 e. The normalized spacial score (nSPS) is 11.4. The molecular formula is C20H26O. The molecule has 0 aliphatic carbocycles. The molecule has 0 unspecified atom stereocenters. The van der Waals surface area contributed by atoms with E-state index in [-0.39, 0.29) is 0 Å². The van der Waals surface area contributed by atoms with E-state index in [1.54, 1.807) is 0 Å². The minimum absolute atomic E-state index is 0.313. The first kappa shape index (κ1) is 15.6. The molecular weight excluding hydrogens is 256 g/mol. The van der Waals surface area contributed by atoms with Gasteiger partial charge in [-0.25, -0.2) is 0 Å². The third kappa shape index (κ3) is 2.97. The lowest BCUT2D eigenvalue weighted by Crippen LogP contribution is -1.98. The molecule has 21 heavy (non-hydrogen) atoms. The van der Waals surface area contributed by atoms with Crippen LogP contribution in [0.25, 0.3) is 11.1 Å². The fourth-order valence-corrected chi connectivity index (χ4v) is 2.78. The van der Waals surface area contributed by atoms with Crippen LogP contribution in [0.5, 0.6) is 5.75 Å². The molecule has 112 valence electrons. The maximum Gasteiger partial charge on any atom is 0.122 e. The molecule has 0 saturated heterocycles. The first-order valence-corrected chi connectivity index (χ1v) is 7.76. The Hall–Kier alpha value is -1.76. The lowest BCUT2D eigenvalue weighted by Gasteiger charge is -2.19. The third-order valence-corrected chi connectivity index (χ3v) is 4.33. The molecule has 2 aromatic rings. The van der Waals surface area contributed by atoms with Gasteiger partial charge in [0.05, 0.1) is 0 Å². The summed E-state index contributed by atoms with van der Waals surface area (Å²) in [6.45, 7) is 12.8. The second-order valence-electron chi connectivity index (χ2n) is 6.56. The zero-order chi connectivity index (χ0) is 15.7. The lowest BCUT2D eigenvalue weighted by molar-refractivity contribution is 0.454. The Morgan fingerprint density at radius 2 is 1.38 bits per heavy atom. The highest BCUT2D eigenvalue weighted by molar-refractivity contribution is 5.72. The van der Waals surface area contributed by atoms with Crippen molar-refractivity contribution in [3.05, 3.63) is 52.6 Å². The number of aryl methyl sites for hydroxylation is 1. The van der Waals surface area contributed by atoms with Crippen LogP contribution in [-0.2, 0) is 0 Å². The highest BCUT2D eigenvalue weighted by Crippen LogP contribution is 2.38. The van der Waals surface area contributed by atoms with Crippen molar-refractivity contribution in [1.82, 2.24) is 0 Å². The number of aromatic hydroxyl groups is 1. The summed E-state index contributed by atoms with van der Waals surface area (Å²) in [5, 5.41) is 10.5. The van der Waals surface area contributed by atoms with Crippen LogP contribution >= 0.6 is 0 Å². The van der Waals surface area contributed by atoms with Crippen molar-refractivity contribution in [2.45, 2.75) is 53.4 Å². The van der Waals surface area contributed by atoms with Crippen LogP contribution in [0.2, 0.25) is 0 Å². The Kier molecular flexibility index (Phi) is 4.41. The van der Waals surface area contributed by atoms with Gasteiger partial charge in [0, 0.05) is 0 Å². The Bertz CT molecular complexity index is 622. The highest BCUT2D eigenvalue weighted by atomic mass is 16.3. The van der Waals surface area contributed by atoms with Gasteiger partial charge in [0.2, 0.25) is 0 Å². The molecule has 0 fully saturated rings. The molecule has 0 amide bonds. The number of hydrogen-bond acceptors (Lipinski definition) is 1. The molecule has 0 saturated carbocycles. The molecule has 0 heterocycles. The highest BCUT2D eigenvalue weighted by Gasteiger charge is 2.16. The Morgan fingerprint density at radius 1 is 0.857 bits per heavy atom.